The number of ether oxygens (including phenoxy) is 1. The lowest BCUT2D eigenvalue weighted by atomic mass is 10.2. The molecule has 0 amide bonds. The molecule has 0 aliphatic rings. The van der Waals surface area contributed by atoms with E-state index in [0.29, 0.717) is 21.6 Å². The van der Waals surface area contributed by atoms with Crippen LogP contribution in [0, 0.1) is 17.2 Å². The molecule has 124 valence electrons. The maximum atomic E-state index is 11.9. The van der Waals surface area contributed by atoms with Crippen LogP contribution in [-0.2, 0) is 9.53 Å². The molecule has 0 bridgehead atoms. The minimum Gasteiger partial charge on any atom is -0.461 e. The van der Waals surface area contributed by atoms with Crippen LogP contribution in [-0.4, -0.2) is 12.6 Å². The molecule has 0 N–H and O–H groups in total. The first-order valence-electron chi connectivity index (χ1n) is 7.25. The second-order valence-electron chi connectivity index (χ2n) is 5.49. The molecule has 1 heterocycles. The molecule has 0 unspecified atom stereocenters. The first-order valence-corrected chi connectivity index (χ1v) is 8.00. The zero-order valence-electron chi connectivity index (χ0n) is 13.2. The second kappa shape index (κ2) is 8.05. The summed E-state index contributed by atoms with van der Waals surface area (Å²) in [4.78, 5) is 11.9. The van der Waals surface area contributed by atoms with E-state index in [1.54, 1.807) is 30.3 Å². The molecule has 2 rings (SSSR count). The number of rotatable bonds is 5. The molecule has 0 spiro atoms. The van der Waals surface area contributed by atoms with Crippen molar-refractivity contribution >= 4 is 35.2 Å². The highest BCUT2D eigenvalue weighted by atomic mass is 35.5. The third-order valence-corrected chi connectivity index (χ3v) is 3.74. The van der Waals surface area contributed by atoms with E-state index in [0.717, 1.165) is 5.56 Å². The van der Waals surface area contributed by atoms with Crippen LogP contribution < -0.4 is 0 Å². The number of halogens is 2. The van der Waals surface area contributed by atoms with Crippen LogP contribution in [0.2, 0.25) is 10.0 Å². The van der Waals surface area contributed by atoms with Gasteiger partial charge in [-0.15, -0.1) is 0 Å². The van der Waals surface area contributed by atoms with Gasteiger partial charge in [-0.1, -0.05) is 37.0 Å². The van der Waals surface area contributed by atoms with Crippen molar-refractivity contribution in [1.82, 2.24) is 0 Å². The fourth-order valence-corrected chi connectivity index (χ4v) is 2.13. The van der Waals surface area contributed by atoms with Gasteiger partial charge < -0.3 is 9.15 Å². The summed E-state index contributed by atoms with van der Waals surface area (Å²) in [6, 6.07) is 10.3. The summed E-state index contributed by atoms with van der Waals surface area (Å²) in [6.45, 7) is 4.09. The van der Waals surface area contributed by atoms with E-state index in [1.807, 2.05) is 19.9 Å². The Morgan fingerprint density at radius 1 is 1.29 bits per heavy atom. The summed E-state index contributed by atoms with van der Waals surface area (Å²) in [5, 5.41) is 9.99. The number of nitriles is 1. The largest absolute Gasteiger partial charge is 0.461 e. The Labute approximate surface area is 150 Å². The van der Waals surface area contributed by atoms with E-state index in [9.17, 15) is 4.79 Å². The fourth-order valence-electron chi connectivity index (χ4n) is 1.83. The van der Waals surface area contributed by atoms with Gasteiger partial charge in [0, 0.05) is 11.6 Å². The molecule has 2 aromatic rings. The van der Waals surface area contributed by atoms with E-state index in [-0.39, 0.29) is 18.1 Å². The minimum absolute atomic E-state index is 0.120. The van der Waals surface area contributed by atoms with Crippen molar-refractivity contribution in [3.63, 3.8) is 0 Å². The van der Waals surface area contributed by atoms with Crippen LogP contribution in [0.5, 0.6) is 0 Å². The van der Waals surface area contributed by atoms with Crippen molar-refractivity contribution in [2.24, 2.45) is 5.92 Å². The Bertz CT molecular complexity index is 816. The number of hydrogen-bond donors (Lipinski definition) is 0. The Morgan fingerprint density at radius 2 is 2.04 bits per heavy atom. The lowest BCUT2D eigenvalue weighted by Gasteiger charge is -2.05. The topological polar surface area (TPSA) is 63.2 Å². The standard InChI is InChI=1S/C18H15Cl2NO3/c1-11(2)10-23-18(22)13(9-21)7-14-4-6-17(24-14)12-3-5-15(19)16(20)8-12/h3-8,11H,10H2,1-2H3/b13-7+. The normalized spacial score (nSPS) is 11.4. The Kier molecular flexibility index (Phi) is 6.08. The highest BCUT2D eigenvalue weighted by molar-refractivity contribution is 6.42. The monoisotopic (exact) mass is 363 g/mol. The van der Waals surface area contributed by atoms with Crippen molar-refractivity contribution in [1.29, 1.82) is 5.26 Å². The van der Waals surface area contributed by atoms with Gasteiger partial charge in [-0.3, -0.25) is 0 Å². The number of esters is 1. The summed E-state index contributed by atoms with van der Waals surface area (Å²) in [6.07, 6.45) is 1.35. The van der Waals surface area contributed by atoms with Crippen molar-refractivity contribution < 1.29 is 13.9 Å². The van der Waals surface area contributed by atoms with Crippen molar-refractivity contribution in [3.05, 3.63) is 51.7 Å². The molecule has 1 aromatic carbocycles. The van der Waals surface area contributed by atoms with Crippen molar-refractivity contribution in [3.8, 4) is 17.4 Å². The smallest absolute Gasteiger partial charge is 0.349 e. The van der Waals surface area contributed by atoms with Gasteiger partial charge in [0.15, 0.2) is 0 Å². The SMILES string of the molecule is CC(C)COC(=O)/C(C#N)=C/c1ccc(-c2ccc(Cl)c(Cl)c2)o1. The summed E-state index contributed by atoms with van der Waals surface area (Å²) in [5.41, 5.74) is 0.621. The Balaban J connectivity index is 2.21. The van der Waals surface area contributed by atoms with Crippen LogP contribution in [0.4, 0.5) is 0 Å². The maximum Gasteiger partial charge on any atom is 0.349 e. The van der Waals surface area contributed by atoms with Gasteiger partial charge >= 0.3 is 5.97 Å². The average Bonchev–Trinajstić information content (AvgIpc) is 3.01. The van der Waals surface area contributed by atoms with Crippen molar-refractivity contribution in [2.75, 3.05) is 6.61 Å². The third kappa shape index (κ3) is 4.64. The van der Waals surface area contributed by atoms with Gasteiger partial charge in [-0.2, -0.15) is 5.26 Å². The predicted molar refractivity (Wildman–Crippen MR) is 93.6 cm³/mol. The minimum atomic E-state index is -0.668. The van der Waals surface area contributed by atoms with E-state index in [2.05, 4.69) is 0 Å². The number of furan rings is 1. The molecule has 4 nitrogen and oxygen atoms in total. The summed E-state index contributed by atoms with van der Waals surface area (Å²) in [7, 11) is 0. The average molecular weight is 364 g/mol. The van der Waals surface area contributed by atoms with E-state index < -0.39 is 5.97 Å². The Hall–Kier alpha value is -2.22. The van der Waals surface area contributed by atoms with Gasteiger partial charge in [0.1, 0.15) is 23.2 Å². The lowest BCUT2D eigenvalue weighted by molar-refractivity contribution is -0.139. The molecule has 1 aromatic heterocycles. The number of nitrogens with zero attached hydrogens (tertiary/aromatic N) is 1. The van der Waals surface area contributed by atoms with Gasteiger partial charge in [0.2, 0.25) is 0 Å². The summed E-state index contributed by atoms with van der Waals surface area (Å²) >= 11 is 11.9. The van der Waals surface area contributed by atoms with Crippen LogP contribution >= 0.6 is 23.2 Å². The first-order chi connectivity index (χ1) is 11.4. The molecule has 0 atom stereocenters. The summed E-state index contributed by atoms with van der Waals surface area (Å²) in [5.74, 6) is 0.444. The van der Waals surface area contributed by atoms with Crippen LogP contribution in [0.1, 0.15) is 19.6 Å². The molecular weight excluding hydrogens is 349 g/mol. The molecule has 0 saturated heterocycles. The molecular formula is C18H15Cl2NO3. The first kappa shape index (κ1) is 18.1. The number of hydrogen-bond acceptors (Lipinski definition) is 4. The zero-order chi connectivity index (χ0) is 17.7. The lowest BCUT2D eigenvalue weighted by Crippen LogP contribution is -2.11. The molecule has 0 radical (unpaired) electrons. The van der Waals surface area contributed by atoms with Gasteiger partial charge in [0.05, 0.1) is 16.7 Å². The summed E-state index contributed by atoms with van der Waals surface area (Å²) < 4.78 is 10.7. The molecule has 0 fully saturated rings. The second-order valence-corrected chi connectivity index (χ2v) is 6.31. The molecule has 0 aliphatic carbocycles. The highest BCUT2D eigenvalue weighted by Crippen LogP contribution is 2.30. The van der Waals surface area contributed by atoms with Crippen LogP contribution in [0.3, 0.4) is 0 Å². The molecule has 6 heteroatoms. The van der Waals surface area contributed by atoms with Crippen LogP contribution in [0.25, 0.3) is 17.4 Å². The van der Waals surface area contributed by atoms with Crippen molar-refractivity contribution in [2.45, 2.75) is 13.8 Å². The van der Waals surface area contributed by atoms with Gasteiger partial charge in [0.25, 0.3) is 0 Å². The maximum absolute atomic E-state index is 11.9. The van der Waals surface area contributed by atoms with Gasteiger partial charge in [-0.25, -0.2) is 4.79 Å². The Morgan fingerprint density at radius 3 is 2.67 bits per heavy atom. The molecule has 0 saturated carbocycles. The molecule has 0 aliphatic heterocycles. The van der Waals surface area contributed by atoms with E-state index >= 15 is 0 Å². The predicted octanol–water partition coefficient (Wildman–Crippen LogP) is 5.36. The van der Waals surface area contributed by atoms with E-state index in [1.165, 1.54) is 6.08 Å². The highest BCUT2D eigenvalue weighted by Gasteiger charge is 2.13. The van der Waals surface area contributed by atoms with Gasteiger partial charge in [-0.05, 0) is 36.2 Å². The van der Waals surface area contributed by atoms with E-state index in [4.69, 9.17) is 37.6 Å². The number of benzene rings is 1. The fraction of sp³-hybridized carbons (Fsp3) is 0.222. The third-order valence-electron chi connectivity index (χ3n) is 3.01. The quantitative estimate of drug-likeness (QED) is 0.407. The zero-order valence-corrected chi connectivity index (χ0v) is 14.7. The number of carbonyl (C=O) groups excluding carboxylic acids is 1. The number of carbonyl (C=O) groups is 1. The van der Waals surface area contributed by atoms with Crippen LogP contribution in [0.15, 0.2) is 40.3 Å². The molecule has 24 heavy (non-hydrogen) atoms.